The fourth-order valence-corrected chi connectivity index (χ4v) is 5.32. The van der Waals surface area contributed by atoms with Crippen LogP contribution < -0.4 is 4.74 Å². The first-order valence-corrected chi connectivity index (χ1v) is 14.6. The molecule has 0 bridgehead atoms. The minimum atomic E-state index is -0.779. The van der Waals surface area contributed by atoms with Gasteiger partial charge in [0.25, 0.3) is 0 Å². The highest BCUT2D eigenvalue weighted by Gasteiger charge is 2.27. The van der Waals surface area contributed by atoms with Gasteiger partial charge in [-0.3, -0.25) is 0 Å². The van der Waals surface area contributed by atoms with E-state index in [9.17, 15) is 4.39 Å². The Morgan fingerprint density at radius 2 is 1.38 bits per heavy atom. The zero-order valence-electron chi connectivity index (χ0n) is 23.3. The molecule has 0 unspecified atom stereocenters. The maximum atomic E-state index is 15.2. The van der Waals surface area contributed by atoms with Crippen molar-refractivity contribution in [3.63, 3.8) is 0 Å². The van der Waals surface area contributed by atoms with Crippen LogP contribution in [0.1, 0.15) is 87.8 Å². The van der Waals surface area contributed by atoms with Crippen molar-refractivity contribution in [2.24, 2.45) is 0 Å². The monoisotopic (exact) mass is 538 g/mol. The van der Waals surface area contributed by atoms with Crippen molar-refractivity contribution in [2.45, 2.75) is 90.1 Å². The molecule has 0 heterocycles. The predicted octanol–water partition coefficient (Wildman–Crippen LogP) is 9.58. The summed E-state index contributed by atoms with van der Waals surface area (Å²) in [5.41, 5.74) is 3.35. The fraction of sp³-hybridized carbons (Fsp3) is 0.471. The van der Waals surface area contributed by atoms with E-state index in [4.69, 9.17) is 9.47 Å². The maximum absolute atomic E-state index is 15.2. The lowest BCUT2D eigenvalue weighted by Gasteiger charge is -2.29. The van der Waals surface area contributed by atoms with Crippen LogP contribution in [-0.2, 0) is 17.6 Å². The number of halogens is 3. The molecule has 1 saturated carbocycles. The molecule has 5 heteroatoms. The molecule has 2 nitrogen and oxygen atoms in total. The quantitative estimate of drug-likeness (QED) is 0.202. The third-order valence-corrected chi connectivity index (χ3v) is 7.80. The molecular weight excluding hydrogens is 497 g/mol. The topological polar surface area (TPSA) is 18.5 Å². The molecule has 1 aliphatic carbocycles. The van der Waals surface area contributed by atoms with Gasteiger partial charge >= 0.3 is 0 Å². The van der Waals surface area contributed by atoms with Crippen molar-refractivity contribution in [3.05, 3.63) is 88.7 Å². The smallest absolute Gasteiger partial charge is 0.166 e. The highest BCUT2D eigenvalue weighted by Crippen LogP contribution is 2.38. The molecule has 0 atom stereocenters. The van der Waals surface area contributed by atoms with Crippen molar-refractivity contribution in [1.82, 2.24) is 0 Å². The van der Waals surface area contributed by atoms with Crippen molar-refractivity contribution < 1.29 is 22.6 Å². The Morgan fingerprint density at radius 3 is 2.08 bits per heavy atom. The minimum Gasteiger partial charge on any atom is -0.491 e. The summed E-state index contributed by atoms with van der Waals surface area (Å²) in [5, 5.41) is 0. The maximum Gasteiger partial charge on any atom is 0.166 e. The fourth-order valence-electron chi connectivity index (χ4n) is 5.32. The summed E-state index contributed by atoms with van der Waals surface area (Å²) in [4.78, 5) is 0. The van der Waals surface area contributed by atoms with E-state index in [2.05, 4.69) is 13.8 Å². The largest absolute Gasteiger partial charge is 0.491 e. The molecule has 4 rings (SSSR count). The Bertz CT molecular complexity index is 1180. The molecule has 0 N–H and O–H groups in total. The van der Waals surface area contributed by atoms with Crippen LogP contribution in [-0.4, -0.2) is 19.3 Å². The van der Waals surface area contributed by atoms with Gasteiger partial charge in [-0.05, 0) is 91.7 Å². The van der Waals surface area contributed by atoms with E-state index in [-0.39, 0.29) is 23.4 Å². The third-order valence-electron chi connectivity index (χ3n) is 7.80. The molecule has 3 aromatic carbocycles. The van der Waals surface area contributed by atoms with Crippen LogP contribution >= 0.6 is 0 Å². The third kappa shape index (κ3) is 7.88. The lowest BCUT2D eigenvalue weighted by molar-refractivity contribution is 0.0230. The van der Waals surface area contributed by atoms with Crippen LogP contribution in [0.25, 0.3) is 11.1 Å². The van der Waals surface area contributed by atoms with Crippen LogP contribution in [0.3, 0.4) is 0 Å². The van der Waals surface area contributed by atoms with Gasteiger partial charge in [0.2, 0.25) is 0 Å². The van der Waals surface area contributed by atoms with E-state index in [0.717, 1.165) is 75.5 Å². The number of aryl methyl sites for hydroxylation is 2. The first-order chi connectivity index (χ1) is 19.0. The Balaban J connectivity index is 1.34. The average Bonchev–Trinajstić information content (AvgIpc) is 2.95. The summed E-state index contributed by atoms with van der Waals surface area (Å²) in [6.07, 6.45) is 9.12. The Labute approximate surface area is 231 Å². The molecule has 1 aliphatic rings. The van der Waals surface area contributed by atoms with Gasteiger partial charge in [0.15, 0.2) is 23.2 Å². The average molecular weight is 539 g/mol. The molecular formula is C34H41F3O2. The van der Waals surface area contributed by atoms with Crippen LogP contribution in [0.2, 0.25) is 0 Å². The lowest BCUT2D eigenvalue weighted by atomic mass is 9.82. The van der Waals surface area contributed by atoms with E-state index in [1.54, 1.807) is 18.2 Å². The number of hydrogen-bond acceptors (Lipinski definition) is 2. The van der Waals surface area contributed by atoms with Gasteiger partial charge in [0, 0.05) is 12.2 Å². The normalized spacial score (nSPS) is 17.4. The van der Waals surface area contributed by atoms with Gasteiger partial charge in [0.1, 0.15) is 0 Å². The standard InChI is InChI=1S/C34H41F3O2/c1-3-5-21-38-28-16-14-27(15-17-28)30-19-18-29(33(36)34(30)37)26-12-9-24(10-13-26)7-8-25-11-20-32(31(35)23-25)39-22-6-4-2/h9-13,18-20,23,27-28H,3-8,14-17,21-22H2,1-2H3. The van der Waals surface area contributed by atoms with E-state index in [0.29, 0.717) is 29.9 Å². The van der Waals surface area contributed by atoms with Crippen molar-refractivity contribution in [3.8, 4) is 16.9 Å². The summed E-state index contributed by atoms with van der Waals surface area (Å²) < 4.78 is 56.1. The summed E-state index contributed by atoms with van der Waals surface area (Å²) in [6, 6.07) is 16.1. The van der Waals surface area contributed by atoms with E-state index in [1.165, 1.54) is 6.07 Å². The van der Waals surface area contributed by atoms with Crippen LogP contribution in [0.15, 0.2) is 54.6 Å². The van der Waals surface area contributed by atoms with Gasteiger partial charge in [-0.2, -0.15) is 0 Å². The number of hydrogen-bond donors (Lipinski definition) is 0. The van der Waals surface area contributed by atoms with Crippen molar-refractivity contribution in [1.29, 1.82) is 0 Å². The number of benzene rings is 3. The zero-order chi connectivity index (χ0) is 27.6. The summed E-state index contributed by atoms with van der Waals surface area (Å²) in [5.74, 6) is -1.52. The Morgan fingerprint density at radius 1 is 0.718 bits per heavy atom. The van der Waals surface area contributed by atoms with Crippen molar-refractivity contribution in [2.75, 3.05) is 13.2 Å². The van der Waals surface area contributed by atoms with E-state index >= 15 is 8.78 Å². The second-order valence-corrected chi connectivity index (χ2v) is 10.7. The van der Waals surface area contributed by atoms with Gasteiger partial charge in [0.05, 0.1) is 12.7 Å². The van der Waals surface area contributed by atoms with Crippen LogP contribution in [0.4, 0.5) is 13.2 Å². The molecule has 0 spiro atoms. The Kier molecular flexibility index (Phi) is 10.9. The van der Waals surface area contributed by atoms with Gasteiger partial charge in [-0.1, -0.05) is 69.2 Å². The highest BCUT2D eigenvalue weighted by atomic mass is 19.2. The molecule has 3 aromatic rings. The molecule has 0 aliphatic heterocycles. The molecule has 0 radical (unpaired) electrons. The summed E-state index contributed by atoms with van der Waals surface area (Å²) >= 11 is 0. The van der Waals surface area contributed by atoms with Gasteiger partial charge in [-0.25, -0.2) is 13.2 Å². The first-order valence-electron chi connectivity index (χ1n) is 14.6. The second-order valence-electron chi connectivity index (χ2n) is 10.7. The molecule has 0 saturated heterocycles. The van der Waals surface area contributed by atoms with Gasteiger partial charge < -0.3 is 9.47 Å². The summed E-state index contributed by atoms with van der Waals surface area (Å²) in [6.45, 7) is 5.51. The SMILES string of the molecule is CCCCOc1ccc(CCc2ccc(-c3ccc(C4CCC(OCCCC)CC4)c(F)c3F)cc2)cc1F. The molecule has 39 heavy (non-hydrogen) atoms. The highest BCUT2D eigenvalue weighted by molar-refractivity contribution is 5.65. The molecule has 210 valence electrons. The van der Waals surface area contributed by atoms with Crippen LogP contribution in [0, 0.1) is 17.5 Å². The lowest BCUT2D eigenvalue weighted by Crippen LogP contribution is -2.22. The predicted molar refractivity (Wildman–Crippen MR) is 152 cm³/mol. The zero-order valence-corrected chi connectivity index (χ0v) is 23.3. The number of ether oxygens (including phenoxy) is 2. The minimum absolute atomic E-state index is 0.0313. The second kappa shape index (κ2) is 14.6. The van der Waals surface area contributed by atoms with Gasteiger partial charge in [-0.15, -0.1) is 0 Å². The molecule has 0 aromatic heterocycles. The first kappa shape index (κ1) is 29.2. The molecule has 0 amide bonds. The van der Waals surface area contributed by atoms with Crippen molar-refractivity contribution >= 4 is 0 Å². The number of unbranched alkanes of at least 4 members (excludes halogenated alkanes) is 2. The van der Waals surface area contributed by atoms with E-state index in [1.807, 2.05) is 30.3 Å². The number of rotatable bonds is 13. The van der Waals surface area contributed by atoms with Crippen LogP contribution in [0.5, 0.6) is 5.75 Å². The van der Waals surface area contributed by atoms with E-state index < -0.39 is 11.6 Å². The summed E-state index contributed by atoms with van der Waals surface area (Å²) in [7, 11) is 0. The molecule has 1 fully saturated rings. The Hall–Kier alpha value is -2.79.